The fourth-order valence-electron chi connectivity index (χ4n) is 1.38. The fourth-order valence-corrected chi connectivity index (χ4v) is 2.02. The molecule has 1 N–H and O–H groups in total. The Hall–Kier alpha value is -1.13. The summed E-state index contributed by atoms with van der Waals surface area (Å²) in [6.07, 6.45) is -0.715. The summed E-state index contributed by atoms with van der Waals surface area (Å²) in [5, 5.41) is 3.71. The van der Waals surface area contributed by atoms with E-state index in [1.165, 1.54) is 18.2 Å². The van der Waals surface area contributed by atoms with Gasteiger partial charge < -0.3 is 4.74 Å². The first kappa shape index (κ1) is 15.3. The summed E-state index contributed by atoms with van der Waals surface area (Å²) in [7, 11) is 0. The zero-order chi connectivity index (χ0) is 14.7. The lowest BCUT2D eigenvalue weighted by atomic mass is 10.3. The van der Waals surface area contributed by atoms with Gasteiger partial charge in [-0.1, -0.05) is 52.5 Å². The highest BCUT2D eigenvalue weighted by Gasteiger charge is 2.10. The molecule has 0 fully saturated rings. The van der Waals surface area contributed by atoms with Crippen LogP contribution in [0, 0.1) is 0 Å². The van der Waals surface area contributed by atoms with Gasteiger partial charge in [0.2, 0.25) is 0 Å². The number of anilines is 1. The Morgan fingerprint density at radius 3 is 2.40 bits per heavy atom. The zero-order valence-corrected chi connectivity index (χ0v) is 12.8. The second-order valence-electron chi connectivity index (χ2n) is 3.69. The summed E-state index contributed by atoms with van der Waals surface area (Å²) >= 11 is 23.4. The van der Waals surface area contributed by atoms with Crippen molar-refractivity contribution in [2.24, 2.45) is 0 Å². The van der Waals surface area contributed by atoms with Crippen molar-refractivity contribution in [3.63, 3.8) is 0 Å². The van der Waals surface area contributed by atoms with E-state index in [4.69, 9.17) is 51.1 Å². The molecular weight excluding hydrogens is 344 g/mol. The van der Waals surface area contributed by atoms with E-state index in [0.29, 0.717) is 15.7 Å². The molecule has 3 nitrogen and oxygen atoms in total. The van der Waals surface area contributed by atoms with Gasteiger partial charge >= 0.3 is 6.09 Å². The van der Waals surface area contributed by atoms with E-state index in [1.807, 2.05) is 0 Å². The Kier molecular flexibility index (Phi) is 5.00. The van der Waals surface area contributed by atoms with Gasteiger partial charge in [0.15, 0.2) is 0 Å². The third-order valence-electron chi connectivity index (χ3n) is 2.29. The van der Waals surface area contributed by atoms with Crippen molar-refractivity contribution in [2.75, 3.05) is 5.32 Å². The van der Waals surface area contributed by atoms with Gasteiger partial charge in [-0.05, 0) is 24.3 Å². The van der Waals surface area contributed by atoms with Crippen molar-refractivity contribution in [2.45, 2.75) is 0 Å². The number of benzene rings is 2. The number of hydrogen-bond acceptors (Lipinski definition) is 2. The van der Waals surface area contributed by atoms with Crippen LogP contribution in [0.4, 0.5) is 10.5 Å². The molecule has 0 aliphatic heterocycles. The molecule has 0 aromatic heterocycles. The quantitative estimate of drug-likeness (QED) is 0.730. The number of carbonyl (C=O) groups excluding carboxylic acids is 1. The zero-order valence-electron chi connectivity index (χ0n) is 9.79. The van der Waals surface area contributed by atoms with Crippen LogP contribution in [0.15, 0.2) is 36.4 Å². The molecule has 7 heteroatoms. The van der Waals surface area contributed by atoms with E-state index < -0.39 is 6.09 Å². The molecule has 0 saturated heterocycles. The van der Waals surface area contributed by atoms with Crippen LogP contribution in [0.3, 0.4) is 0 Å². The summed E-state index contributed by atoms with van der Waals surface area (Å²) in [6.45, 7) is 0. The van der Waals surface area contributed by atoms with Gasteiger partial charge in [-0.25, -0.2) is 4.79 Å². The smallest absolute Gasteiger partial charge is 0.410 e. The lowest BCUT2D eigenvalue weighted by molar-refractivity contribution is 0.215. The van der Waals surface area contributed by atoms with Crippen molar-refractivity contribution in [1.82, 2.24) is 0 Å². The van der Waals surface area contributed by atoms with Gasteiger partial charge in [-0.2, -0.15) is 0 Å². The molecular formula is C13H7Cl4NO2. The second-order valence-corrected chi connectivity index (χ2v) is 5.29. The van der Waals surface area contributed by atoms with E-state index in [2.05, 4.69) is 5.32 Å². The lowest BCUT2D eigenvalue weighted by Crippen LogP contribution is -2.17. The van der Waals surface area contributed by atoms with Crippen LogP contribution in [0.5, 0.6) is 5.75 Å². The Bertz CT molecular complexity index is 661. The van der Waals surface area contributed by atoms with Crippen LogP contribution >= 0.6 is 46.4 Å². The number of nitrogens with one attached hydrogen (secondary N) is 1. The Balaban J connectivity index is 2.09. The average Bonchev–Trinajstić information content (AvgIpc) is 2.39. The molecule has 0 heterocycles. The maximum atomic E-state index is 11.7. The lowest BCUT2D eigenvalue weighted by Gasteiger charge is -2.09. The standard InChI is InChI=1S/C13H7Cl4NO2/c14-8-5-4-7(6-10(8)16)20-13(19)18-11-3-1-2-9(15)12(11)17/h1-6H,(H,18,19). The van der Waals surface area contributed by atoms with Gasteiger partial charge in [0.1, 0.15) is 5.75 Å². The van der Waals surface area contributed by atoms with E-state index >= 15 is 0 Å². The number of halogens is 4. The van der Waals surface area contributed by atoms with Crippen LogP contribution in [-0.2, 0) is 0 Å². The molecule has 1 amide bonds. The molecule has 0 unspecified atom stereocenters. The number of hydrogen-bond donors (Lipinski definition) is 1. The molecule has 0 atom stereocenters. The minimum Gasteiger partial charge on any atom is -0.410 e. The molecule has 0 saturated carbocycles. The third-order valence-corrected chi connectivity index (χ3v) is 3.85. The first-order valence-corrected chi connectivity index (χ1v) is 6.86. The minimum atomic E-state index is -0.715. The molecule has 0 aliphatic rings. The van der Waals surface area contributed by atoms with Gasteiger partial charge in [-0.15, -0.1) is 0 Å². The molecule has 2 aromatic rings. The highest BCUT2D eigenvalue weighted by Crippen LogP contribution is 2.30. The SMILES string of the molecule is O=C(Nc1cccc(Cl)c1Cl)Oc1ccc(Cl)c(Cl)c1. The van der Waals surface area contributed by atoms with E-state index in [0.717, 1.165) is 0 Å². The first-order valence-electron chi connectivity index (χ1n) is 5.35. The Morgan fingerprint density at radius 2 is 1.70 bits per heavy atom. The summed E-state index contributed by atoms with van der Waals surface area (Å²) < 4.78 is 5.05. The van der Waals surface area contributed by atoms with Crippen LogP contribution in [0.25, 0.3) is 0 Å². The largest absolute Gasteiger partial charge is 0.417 e. The molecule has 0 radical (unpaired) electrons. The van der Waals surface area contributed by atoms with Gasteiger partial charge in [0.05, 0.1) is 25.8 Å². The van der Waals surface area contributed by atoms with Crippen LogP contribution in [-0.4, -0.2) is 6.09 Å². The van der Waals surface area contributed by atoms with Crippen molar-refractivity contribution >= 4 is 58.2 Å². The van der Waals surface area contributed by atoms with Gasteiger partial charge in [0.25, 0.3) is 0 Å². The van der Waals surface area contributed by atoms with Crippen LogP contribution in [0.2, 0.25) is 20.1 Å². The predicted molar refractivity (Wildman–Crippen MR) is 82.6 cm³/mol. The number of amides is 1. The van der Waals surface area contributed by atoms with E-state index in [1.54, 1.807) is 18.2 Å². The molecule has 0 spiro atoms. The Labute approximate surface area is 135 Å². The molecule has 20 heavy (non-hydrogen) atoms. The van der Waals surface area contributed by atoms with Gasteiger partial charge in [-0.3, -0.25) is 5.32 Å². The van der Waals surface area contributed by atoms with Crippen molar-refractivity contribution in [3.05, 3.63) is 56.5 Å². The minimum absolute atomic E-state index is 0.236. The molecule has 2 rings (SSSR count). The summed E-state index contributed by atoms with van der Waals surface area (Å²) in [5.41, 5.74) is 0.351. The van der Waals surface area contributed by atoms with Crippen molar-refractivity contribution in [1.29, 1.82) is 0 Å². The highest BCUT2D eigenvalue weighted by molar-refractivity contribution is 6.44. The summed E-state index contributed by atoms with van der Waals surface area (Å²) in [5.74, 6) is 0.259. The topological polar surface area (TPSA) is 38.3 Å². The van der Waals surface area contributed by atoms with E-state index in [9.17, 15) is 4.79 Å². The third kappa shape index (κ3) is 3.70. The monoisotopic (exact) mass is 349 g/mol. The molecule has 0 aliphatic carbocycles. The number of rotatable bonds is 2. The molecule has 2 aromatic carbocycles. The highest BCUT2D eigenvalue weighted by atomic mass is 35.5. The van der Waals surface area contributed by atoms with Crippen LogP contribution in [0.1, 0.15) is 0 Å². The molecule has 104 valence electrons. The van der Waals surface area contributed by atoms with Crippen LogP contribution < -0.4 is 10.1 Å². The predicted octanol–water partition coefficient (Wildman–Crippen LogP) is 5.91. The number of carbonyl (C=O) groups is 1. The number of ether oxygens (including phenoxy) is 1. The maximum Gasteiger partial charge on any atom is 0.417 e. The first-order chi connectivity index (χ1) is 9.47. The van der Waals surface area contributed by atoms with Crippen molar-refractivity contribution < 1.29 is 9.53 Å². The molecule has 0 bridgehead atoms. The normalized spacial score (nSPS) is 10.2. The van der Waals surface area contributed by atoms with Crippen molar-refractivity contribution in [3.8, 4) is 5.75 Å². The summed E-state index contributed by atoms with van der Waals surface area (Å²) in [4.78, 5) is 11.7. The summed E-state index contributed by atoms with van der Waals surface area (Å²) in [6, 6.07) is 9.35. The fraction of sp³-hybridized carbons (Fsp3) is 0. The Morgan fingerprint density at radius 1 is 0.950 bits per heavy atom. The maximum absolute atomic E-state index is 11.7. The average molecular weight is 351 g/mol. The second kappa shape index (κ2) is 6.55. The van der Waals surface area contributed by atoms with Gasteiger partial charge in [0, 0.05) is 6.07 Å². The van der Waals surface area contributed by atoms with E-state index in [-0.39, 0.29) is 15.8 Å².